The lowest BCUT2D eigenvalue weighted by Gasteiger charge is -2.38. The second kappa shape index (κ2) is 14.5. The standard InChI is InChI=1S/C33H50N4OS/c1-7-36(8-2)29(24-26-18-20-27(21-19-26)31(35(5)6)30-17-14-22-39-30)32-34-28(23-25-15-12-11-13-16-25)33(38-32)37(9-3)10-4/h11-17,22,26-27,29,31H,7-10,18-21,23-24H2,1-6H3. The zero-order chi connectivity index (χ0) is 27.8. The first-order valence-corrected chi connectivity index (χ1v) is 16.1. The van der Waals surface area contributed by atoms with Gasteiger partial charge in [0, 0.05) is 30.4 Å². The zero-order valence-electron chi connectivity index (χ0n) is 25.1. The SMILES string of the molecule is CCN(CC)c1oc(C(CC2CCC(C(c3cccs3)N(C)C)CC2)N(CC)CC)nc1Cc1ccccc1. The molecule has 214 valence electrons. The number of hydrogen-bond acceptors (Lipinski definition) is 6. The minimum Gasteiger partial charge on any atom is -0.423 e. The van der Waals surface area contributed by atoms with E-state index in [-0.39, 0.29) is 6.04 Å². The highest BCUT2D eigenvalue weighted by molar-refractivity contribution is 7.10. The quantitative estimate of drug-likeness (QED) is 0.203. The molecule has 0 saturated heterocycles. The number of aromatic nitrogens is 1. The van der Waals surface area contributed by atoms with Crippen LogP contribution in [-0.4, -0.2) is 55.1 Å². The Labute approximate surface area is 241 Å². The molecule has 1 aliphatic rings. The van der Waals surface area contributed by atoms with Crippen LogP contribution in [0.2, 0.25) is 0 Å². The Morgan fingerprint density at radius 3 is 2.15 bits per heavy atom. The average Bonchev–Trinajstić information content (AvgIpc) is 3.62. The molecule has 1 aliphatic carbocycles. The molecule has 2 unspecified atom stereocenters. The summed E-state index contributed by atoms with van der Waals surface area (Å²) in [4.78, 5) is 14.1. The lowest BCUT2D eigenvalue weighted by Crippen LogP contribution is -2.33. The Hall–Kier alpha value is -2.15. The maximum Gasteiger partial charge on any atom is 0.219 e. The van der Waals surface area contributed by atoms with Gasteiger partial charge in [-0.25, -0.2) is 4.98 Å². The molecule has 6 heteroatoms. The molecule has 3 aromatic rings. The van der Waals surface area contributed by atoms with E-state index in [1.54, 1.807) is 0 Å². The van der Waals surface area contributed by atoms with Crippen molar-refractivity contribution >= 4 is 17.2 Å². The van der Waals surface area contributed by atoms with Gasteiger partial charge < -0.3 is 14.2 Å². The van der Waals surface area contributed by atoms with E-state index in [9.17, 15) is 0 Å². The van der Waals surface area contributed by atoms with Crippen LogP contribution in [0.15, 0.2) is 52.3 Å². The molecule has 0 spiro atoms. The van der Waals surface area contributed by atoms with E-state index < -0.39 is 0 Å². The van der Waals surface area contributed by atoms with E-state index in [2.05, 4.69) is 104 Å². The van der Waals surface area contributed by atoms with Crippen LogP contribution in [0.1, 0.15) is 93.9 Å². The van der Waals surface area contributed by atoms with Crippen molar-refractivity contribution in [3.8, 4) is 0 Å². The Morgan fingerprint density at radius 2 is 1.59 bits per heavy atom. The van der Waals surface area contributed by atoms with Gasteiger partial charge in [0.15, 0.2) is 0 Å². The van der Waals surface area contributed by atoms with E-state index in [4.69, 9.17) is 9.40 Å². The van der Waals surface area contributed by atoms with Crippen molar-refractivity contribution in [3.63, 3.8) is 0 Å². The second-order valence-corrected chi connectivity index (χ2v) is 12.3. The first kappa shape index (κ1) is 29.8. The van der Waals surface area contributed by atoms with Crippen LogP contribution in [0.5, 0.6) is 0 Å². The van der Waals surface area contributed by atoms with Crippen molar-refractivity contribution in [2.45, 2.75) is 78.3 Å². The Balaban J connectivity index is 1.54. The van der Waals surface area contributed by atoms with Gasteiger partial charge in [0.2, 0.25) is 11.8 Å². The third-order valence-corrected chi connectivity index (χ3v) is 9.73. The fourth-order valence-electron chi connectivity index (χ4n) is 6.66. The first-order chi connectivity index (χ1) is 19.0. The van der Waals surface area contributed by atoms with Gasteiger partial charge in [0.1, 0.15) is 5.69 Å². The van der Waals surface area contributed by atoms with Gasteiger partial charge >= 0.3 is 0 Å². The van der Waals surface area contributed by atoms with Crippen molar-refractivity contribution in [1.82, 2.24) is 14.8 Å². The van der Waals surface area contributed by atoms with Gasteiger partial charge in [-0.3, -0.25) is 4.90 Å². The van der Waals surface area contributed by atoms with Gasteiger partial charge in [-0.05, 0) is 89.1 Å². The number of rotatable bonds is 14. The number of thiophene rings is 1. The fourth-order valence-corrected chi connectivity index (χ4v) is 7.67. The average molecular weight is 551 g/mol. The molecule has 1 saturated carbocycles. The summed E-state index contributed by atoms with van der Waals surface area (Å²) in [6.45, 7) is 12.8. The lowest BCUT2D eigenvalue weighted by atomic mass is 9.75. The molecule has 0 bridgehead atoms. The number of anilines is 1. The minimum atomic E-state index is 0.224. The lowest BCUT2D eigenvalue weighted by molar-refractivity contribution is 0.113. The van der Waals surface area contributed by atoms with E-state index in [0.29, 0.717) is 12.0 Å². The van der Waals surface area contributed by atoms with E-state index >= 15 is 0 Å². The van der Waals surface area contributed by atoms with Crippen LogP contribution < -0.4 is 4.90 Å². The van der Waals surface area contributed by atoms with Crippen molar-refractivity contribution in [2.75, 3.05) is 45.2 Å². The smallest absolute Gasteiger partial charge is 0.219 e. The fraction of sp³-hybridized carbons (Fsp3) is 0.606. The summed E-state index contributed by atoms with van der Waals surface area (Å²) in [5.74, 6) is 3.32. The zero-order valence-corrected chi connectivity index (χ0v) is 25.9. The van der Waals surface area contributed by atoms with Crippen LogP contribution in [0.3, 0.4) is 0 Å². The molecule has 0 amide bonds. The molecule has 1 fully saturated rings. The molecular weight excluding hydrogens is 500 g/mol. The number of benzene rings is 1. The van der Waals surface area contributed by atoms with Crippen LogP contribution >= 0.6 is 11.3 Å². The van der Waals surface area contributed by atoms with Crippen LogP contribution in [0.4, 0.5) is 5.88 Å². The normalized spacial score (nSPS) is 19.5. The molecule has 39 heavy (non-hydrogen) atoms. The third kappa shape index (κ3) is 7.33. The molecule has 0 N–H and O–H groups in total. The Kier molecular flexibility index (Phi) is 11.1. The molecule has 4 rings (SSSR count). The summed E-state index contributed by atoms with van der Waals surface area (Å²) in [7, 11) is 4.49. The van der Waals surface area contributed by atoms with E-state index in [0.717, 1.165) is 62.4 Å². The largest absolute Gasteiger partial charge is 0.423 e. The summed E-state index contributed by atoms with van der Waals surface area (Å²) in [6, 6.07) is 16.0. The molecule has 0 radical (unpaired) electrons. The molecule has 5 nitrogen and oxygen atoms in total. The molecular formula is C33H50N4OS. The molecule has 2 atom stereocenters. The molecule has 1 aromatic carbocycles. The predicted octanol–water partition coefficient (Wildman–Crippen LogP) is 8.06. The number of nitrogens with zero attached hydrogens (tertiary/aromatic N) is 4. The highest BCUT2D eigenvalue weighted by Gasteiger charge is 2.34. The number of oxazole rings is 1. The molecule has 2 aromatic heterocycles. The van der Waals surface area contributed by atoms with Gasteiger partial charge in [0.25, 0.3) is 0 Å². The highest BCUT2D eigenvalue weighted by Crippen LogP contribution is 2.44. The Morgan fingerprint density at radius 1 is 0.897 bits per heavy atom. The maximum atomic E-state index is 6.73. The van der Waals surface area contributed by atoms with Gasteiger partial charge in [-0.1, -0.05) is 63.1 Å². The van der Waals surface area contributed by atoms with E-state index in [1.165, 1.54) is 36.1 Å². The highest BCUT2D eigenvalue weighted by atomic mass is 32.1. The van der Waals surface area contributed by atoms with Crippen molar-refractivity contribution < 1.29 is 4.42 Å². The van der Waals surface area contributed by atoms with Gasteiger partial charge in [-0.15, -0.1) is 11.3 Å². The summed E-state index contributed by atoms with van der Waals surface area (Å²) in [6.07, 6.45) is 7.11. The van der Waals surface area contributed by atoms with Gasteiger partial charge in [0.05, 0.1) is 6.04 Å². The van der Waals surface area contributed by atoms with E-state index in [1.807, 2.05) is 11.3 Å². The summed E-state index contributed by atoms with van der Waals surface area (Å²) >= 11 is 1.91. The van der Waals surface area contributed by atoms with Crippen molar-refractivity contribution in [1.29, 1.82) is 0 Å². The second-order valence-electron chi connectivity index (χ2n) is 11.3. The van der Waals surface area contributed by atoms with Crippen LogP contribution in [-0.2, 0) is 6.42 Å². The Bertz CT molecular complexity index is 1080. The first-order valence-electron chi connectivity index (χ1n) is 15.2. The summed E-state index contributed by atoms with van der Waals surface area (Å²) in [5.41, 5.74) is 2.36. The maximum absolute atomic E-state index is 6.73. The summed E-state index contributed by atoms with van der Waals surface area (Å²) in [5, 5.41) is 2.22. The van der Waals surface area contributed by atoms with Crippen molar-refractivity contribution in [3.05, 3.63) is 69.9 Å². The van der Waals surface area contributed by atoms with Gasteiger partial charge in [-0.2, -0.15) is 0 Å². The molecule has 2 heterocycles. The number of hydrogen-bond donors (Lipinski definition) is 0. The minimum absolute atomic E-state index is 0.224. The molecule has 0 aliphatic heterocycles. The van der Waals surface area contributed by atoms with Crippen LogP contribution in [0.25, 0.3) is 0 Å². The van der Waals surface area contributed by atoms with Crippen LogP contribution in [0, 0.1) is 11.8 Å². The topological polar surface area (TPSA) is 35.8 Å². The monoisotopic (exact) mass is 550 g/mol. The summed E-state index contributed by atoms with van der Waals surface area (Å²) < 4.78 is 6.73. The van der Waals surface area contributed by atoms with Crippen molar-refractivity contribution in [2.24, 2.45) is 11.8 Å². The predicted molar refractivity (Wildman–Crippen MR) is 166 cm³/mol. The third-order valence-electron chi connectivity index (χ3n) is 8.78.